The second kappa shape index (κ2) is 9.93. The molecule has 1 saturated heterocycles. The number of rotatable bonds is 7. The Balaban J connectivity index is 2.14. The lowest BCUT2D eigenvalue weighted by Gasteiger charge is -2.43. The lowest BCUT2D eigenvalue weighted by Crippen LogP contribution is -2.46. The summed E-state index contributed by atoms with van der Waals surface area (Å²) in [5.74, 6) is -0.131. The molecule has 31 heavy (non-hydrogen) atoms. The van der Waals surface area contributed by atoms with Gasteiger partial charge in [-0.1, -0.05) is 46.8 Å². The molecule has 176 valence electrons. The van der Waals surface area contributed by atoms with Crippen LogP contribution in [0, 0.1) is 11.3 Å². The third-order valence-electron chi connectivity index (χ3n) is 6.25. The van der Waals surface area contributed by atoms with Crippen LogP contribution in [0.5, 0.6) is 0 Å². The number of ether oxygens (including phenoxy) is 1. The first-order valence-corrected chi connectivity index (χ1v) is 11.3. The Morgan fingerprint density at radius 3 is 1.97 bits per heavy atom. The van der Waals surface area contributed by atoms with Gasteiger partial charge in [-0.25, -0.2) is 0 Å². The molecule has 1 atom stereocenters. The van der Waals surface area contributed by atoms with Crippen LogP contribution in [0.2, 0.25) is 0 Å². The number of benzene rings is 1. The first kappa shape index (κ1) is 25.7. The first-order chi connectivity index (χ1) is 14.2. The maximum atomic E-state index is 13.0. The Bertz CT molecular complexity index is 712. The summed E-state index contributed by atoms with van der Waals surface area (Å²) in [6.07, 6.45) is -0.901. The average Bonchev–Trinajstić information content (AvgIpc) is 2.66. The molecule has 1 heterocycles. The fraction of sp³-hybridized carbons (Fsp3) is 0.720. The molecule has 3 nitrogen and oxygen atoms in total. The van der Waals surface area contributed by atoms with E-state index in [4.69, 9.17) is 4.74 Å². The molecule has 0 bridgehead atoms. The van der Waals surface area contributed by atoms with E-state index in [2.05, 4.69) is 39.5 Å². The third-order valence-corrected chi connectivity index (χ3v) is 6.25. The van der Waals surface area contributed by atoms with Crippen LogP contribution in [0.15, 0.2) is 24.3 Å². The van der Waals surface area contributed by atoms with Crippen molar-refractivity contribution in [1.82, 2.24) is 4.90 Å². The number of hydrogen-bond donors (Lipinski definition) is 0. The fourth-order valence-corrected chi connectivity index (χ4v) is 4.61. The highest BCUT2D eigenvalue weighted by atomic mass is 19.4. The summed E-state index contributed by atoms with van der Waals surface area (Å²) in [4.78, 5) is 14.6. The molecule has 1 aromatic carbocycles. The van der Waals surface area contributed by atoms with E-state index < -0.39 is 11.7 Å². The molecule has 0 N–H and O–H groups in total. The molecule has 0 amide bonds. The van der Waals surface area contributed by atoms with E-state index in [1.165, 1.54) is 12.1 Å². The molecule has 0 spiro atoms. The number of hydrogen-bond acceptors (Lipinski definition) is 3. The Kier molecular flexibility index (Phi) is 8.23. The molecular weight excluding hydrogens is 403 g/mol. The molecular formula is C25H38F3NO2. The molecule has 1 unspecified atom stereocenters. The van der Waals surface area contributed by atoms with Gasteiger partial charge >= 0.3 is 12.1 Å². The molecule has 0 saturated carbocycles. The van der Waals surface area contributed by atoms with Gasteiger partial charge in [-0.2, -0.15) is 13.2 Å². The number of halogens is 3. The van der Waals surface area contributed by atoms with Gasteiger partial charge in [0.15, 0.2) is 0 Å². The Hall–Kier alpha value is -1.56. The predicted octanol–water partition coefficient (Wildman–Crippen LogP) is 6.45. The predicted molar refractivity (Wildman–Crippen MR) is 118 cm³/mol. The minimum atomic E-state index is -4.32. The van der Waals surface area contributed by atoms with Gasteiger partial charge < -0.3 is 9.64 Å². The second-order valence-corrected chi connectivity index (χ2v) is 10.6. The van der Waals surface area contributed by atoms with E-state index in [0.29, 0.717) is 12.6 Å². The van der Waals surface area contributed by atoms with Crippen LogP contribution in [0.4, 0.5) is 13.2 Å². The van der Waals surface area contributed by atoms with Crippen molar-refractivity contribution in [2.45, 2.75) is 84.9 Å². The molecule has 1 aromatic rings. The summed E-state index contributed by atoms with van der Waals surface area (Å²) in [6, 6.07) is 5.88. The zero-order valence-corrected chi connectivity index (χ0v) is 19.8. The lowest BCUT2D eigenvalue weighted by atomic mass is 9.74. The molecule has 1 aliphatic rings. The van der Waals surface area contributed by atoms with Crippen LogP contribution in [0.3, 0.4) is 0 Å². The summed E-state index contributed by atoms with van der Waals surface area (Å²) < 4.78 is 44.0. The van der Waals surface area contributed by atoms with E-state index in [-0.39, 0.29) is 22.7 Å². The van der Waals surface area contributed by atoms with Gasteiger partial charge in [0.05, 0.1) is 18.1 Å². The first-order valence-electron chi connectivity index (χ1n) is 11.3. The Morgan fingerprint density at radius 2 is 1.52 bits per heavy atom. The number of carbonyl (C=O) groups is 1. The number of likely N-dealkylation sites (tertiary alicyclic amines) is 1. The van der Waals surface area contributed by atoms with Crippen molar-refractivity contribution in [3.8, 4) is 0 Å². The van der Waals surface area contributed by atoms with Gasteiger partial charge in [-0.3, -0.25) is 4.79 Å². The van der Waals surface area contributed by atoms with Gasteiger partial charge in [0, 0.05) is 6.04 Å². The fourth-order valence-electron chi connectivity index (χ4n) is 4.61. The van der Waals surface area contributed by atoms with Gasteiger partial charge in [0.1, 0.15) is 0 Å². The molecule has 0 radical (unpaired) electrons. The maximum absolute atomic E-state index is 13.0. The SMILES string of the molecule is CCOC(=O)C1CCN(C(CC(C)(C)C)CC(C)(C)c2ccc(C(F)(F)F)cc2)CC1. The average molecular weight is 442 g/mol. The largest absolute Gasteiger partial charge is 0.466 e. The van der Waals surface area contributed by atoms with Crippen LogP contribution in [-0.2, 0) is 21.1 Å². The Labute approximate surface area is 185 Å². The van der Waals surface area contributed by atoms with E-state index in [9.17, 15) is 18.0 Å². The molecule has 1 aliphatic heterocycles. The summed E-state index contributed by atoms with van der Waals surface area (Å²) >= 11 is 0. The Morgan fingerprint density at radius 1 is 1.00 bits per heavy atom. The lowest BCUT2D eigenvalue weighted by molar-refractivity contribution is -0.150. The molecule has 2 rings (SSSR count). The molecule has 6 heteroatoms. The summed E-state index contributed by atoms with van der Waals surface area (Å²) in [7, 11) is 0. The van der Waals surface area contributed by atoms with Gasteiger partial charge in [0.25, 0.3) is 0 Å². The minimum absolute atomic E-state index is 0.0330. The highest BCUT2D eigenvalue weighted by Gasteiger charge is 2.36. The van der Waals surface area contributed by atoms with Crippen molar-refractivity contribution in [3.63, 3.8) is 0 Å². The van der Waals surface area contributed by atoms with Gasteiger partial charge in [-0.05, 0) is 74.2 Å². The van der Waals surface area contributed by atoms with Crippen molar-refractivity contribution >= 4 is 5.97 Å². The van der Waals surface area contributed by atoms with Crippen molar-refractivity contribution in [2.75, 3.05) is 19.7 Å². The smallest absolute Gasteiger partial charge is 0.416 e. The normalized spacial score (nSPS) is 18.1. The quantitative estimate of drug-likeness (QED) is 0.455. The minimum Gasteiger partial charge on any atom is -0.466 e. The monoisotopic (exact) mass is 441 g/mol. The van der Waals surface area contributed by atoms with Crippen LogP contribution < -0.4 is 0 Å². The highest BCUT2D eigenvalue weighted by molar-refractivity contribution is 5.72. The molecule has 0 aromatic heterocycles. The van der Waals surface area contributed by atoms with Crippen molar-refractivity contribution in [1.29, 1.82) is 0 Å². The van der Waals surface area contributed by atoms with Crippen molar-refractivity contribution < 1.29 is 22.7 Å². The van der Waals surface area contributed by atoms with Gasteiger partial charge in [0.2, 0.25) is 0 Å². The van der Waals surface area contributed by atoms with Crippen LogP contribution in [-0.4, -0.2) is 36.6 Å². The van der Waals surface area contributed by atoms with E-state index in [0.717, 1.165) is 44.3 Å². The standard InChI is InChI=1S/C25H38F3NO2/c1-7-31-22(30)18-12-14-29(15-13-18)21(16-23(2,3)4)17-24(5,6)19-8-10-20(11-9-19)25(26,27)28/h8-11,18,21H,7,12-17H2,1-6H3. The number of carbonyl (C=O) groups excluding carboxylic acids is 1. The van der Waals surface area contributed by atoms with Crippen LogP contribution in [0.25, 0.3) is 0 Å². The number of nitrogens with zero attached hydrogens (tertiary/aromatic N) is 1. The van der Waals surface area contributed by atoms with Crippen molar-refractivity contribution in [3.05, 3.63) is 35.4 Å². The zero-order chi connectivity index (χ0) is 23.4. The zero-order valence-electron chi connectivity index (χ0n) is 19.8. The molecule has 1 fully saturated rings. The summed E-state index contributed by atoms with van der Waals surface area (Å²) in [5.41, 5.74) is 0.164. The maximum Gasteiger partial charge on any atom is 0.416 e. The summed E-state index contributed by atoms with van der Waals surface area (Å²) in [6.45, 7) is 14.8. The highest BCUT2D eigenvalue weighted by Crippen LogP contribution is 2.37. The van der Waals surface area contributed by atoms with E-state index >= 15 is 0 Å². The number of piperidine rings is 1. The van der Waals surface area contributed by atoms with Crippen LogP contribution >= 0.6 is 0 Å². The second-order valence-electron chi connectivity index (χ2n) is 10.6. The van der Waals surface area contributed by atoms with Crippen LogP contribution in [0.1, 0.15) is 78.4 Å². The third kappa shape index (κ3) is 7.51. The van der Waals surface area contributed by atoms with E-state index in [1.807, 2.05) is 6.92 Å². The topological polar surface area (TPSA) is 29.5 Å². The number of esters is 1. The summed E-state index contributed by atoms with van der Waals surface area (Å²) in [5, 5.41) is 0. The van der Waals surface area contributed by atoms with E-state index in [1.54, 1.807) is 12.1 Å². The van der Waals surface area contributed by atoms with Gasteiger partial charge in [-0.15, -0.1) is 0 Å². The molecule has 0 aliphatic carbocycles. The van der Waals surface area contributed by atoms with Crippen molar-refractivity contribution in [2.24, 2.45) is 11.3 Å². The number of alkyl halides is 3.